The average Bonchev–Trinajstić information content (AvgIpc) is 2.77. The molecule has 0 bridgehead atoms. The number of nitrogens with zero attached hydrogens (tertiary/aromatic N) is 3. The molecule has 74 valence electrons. The Bertz CT molecular complexity index is 393. The lowest BCUT2D eigenvalue weighted by molar-refractivity contribution is 0.745. The summed E-state index contributed by atoms with van der Waals surface area (Å²) in [5, 5.41) is 9.47. The van der Waals surface area contributed by atoms with Crippen molar-refractivity contribution < 1.29 is 0 Å². The fourth-order valence-corrected chi connectivity index (χ4v) is 1.89. The summed E-state index contributed by atoms with van der Waals surface area (Å²) in [7, 11) is 1.91. The van der Waals surface area contributed by atoms with Crippen LogP contribution in [-0.2, 0) is 7.05 Å². The fourth-order valence-electron chi connectivity index (χ4n) is 1.25. The Hall–Kier alpha value is -1.36. The van der Waals surface area contributed by atoms with Crippen LogP contribution in [0.5, 0.6) is 0 Å². The molecular formula is C9H12N4S. The largest absolute Gasteiger partial charge is 0.362 e. The first-order chi connectivity index (χ1) is 6.77. The van der Waals surface area contributed by atoms with Crippen LogP contribution < -0.4 is 5.32 Å². The molecule has 0 fully saturated rings. The summed E-state index contributed by atoms with van der Waals surface area (Å²) in [6.07, 6.45) is 1.77. The normalized spacial score (nSPS) is 12.7. The summed E-state index contributed by atoms with van der Waals surface area (Å²) < 4.78 is 1.81. The van der Waals surface area contributed by atoms with Gasteiger partial charge in [0.25, 0.3) is 0 Å². The highest BCUT2D eigenvalue weighted by Crippen LogP contribution is 2.17. The monoisotopic (exact) mass is 208 g/mol. The van der Waals surface area contributed by atoms with Gasteiger partial charge in [0.1, 0.15) is 5.82 Å². The maximum Gasteiger partial charge on any atom is 0.124 e. The Kier molecular flexibility index (Phi) is 2.49. The van der Waals surface area contributed by atoms with E-state index in [1.807, 2.05) is 28.7 Å². The van der Waals surface area contributed by atoms with Gasteiger partial charge in [0.05, 0.1) is 23.4 Å². The first-order valence-corrected chi connectivity index (χ1v) is 5.34. The third-order valence-electron chi connectivity index (χ3n) is 2.08. The van der Waals surface area contributed by atoms with Crippen molar-refractivity contribution in [2.75, 3.05) is 5.32 Å². The van der Waals surface area contributed by atoms with Gasteiger partial charge < -0.3 is 5.32 Å². The van der Waals surface area contributed by atoms with E-state index < -0.39 is 0 Å². The lowest BCUT2D eigenvalue weighted by Gasteiger charge is -2.12. The third-order valence-corrected chi connectivity index (χ3v) is 2.69. The molecule has 0 aliphatic carbocycles. The molecule has 4 nitrogen and oxygen atoms in total. The van der Waals surface area contributed by atoms with Crippen LogP contribution in [0.3, 0.4) is 0 Å². The summed E-state index contributed by atoms with van der Waals surface area (Å²) in [5.41, 5.74) is 2.91. The topological polar surface area (TPSA) is 42.7 Å². The second kappa shape index (κ2) is 3.79. The maximum absolute atomic E-state index is 4.25. The molecule has 2 heterocycles. The number of nitrogens with one attached hydrogen (secondary N) is 1. The van der Waals surface area contributed by atoms with Gasteiger partial charge in [-0.25, -0.2) is 4.98 Å². The fraction of sp³-hybridized carbons (Fsp3) is 0.333. The number of anilines is 1. The van der Waals surface area contributed by atoms with Crippen LogP contribution in [0.1, 0.15) is 18.7 Å². The lowest BCUT2D eigenvalue weighted by Crippen LogP contribution is -2.10. The summed E-state index contributed by atoms with van der Waals surface area (Å²) in [6, 6.07) is 2.17. The molecule has 1 atom stereocenters. The van der Waals surface area contributed by atoms with Crippen molar-refractivity contribution in [3.05, 3.63) is 28.8 Å². The van der Waals surface area contributed by atoms with Crippen LogP contribution in [0.2, 0.25) is 0 Å². The minimum atomic E-state index is 0.219. The predicted octanol–water partition coefficient (Wildman–Crippen LogP) is 2.05. The molecule has 0 aliphatic heterocycles. The van der Waals surface area contributed by atoms with Crippen molar-refractivity contribution >= 4 is 17.2 Å². The molecule has 2 rings (SSSR count). The molecular weight excluding hydrogens is 196 g/mol. The van der Waals surface area contributed by atoms with E-state index in [1.165, 1.54) is 0 Å². The molecule has 0 spiro atoms. The standard InChI is InChI=1S/C9H12N4S/c1-7(8-5-14-6-10-8)12-9-3-4-11-13(9)2/h3-7,12H,1-2H3. The number of aryl methyl sites for hydroxylation is 1. The van der Waals surface area contributed by atoms with E-state index >= 15 is 0 Å². The van der Waals surface area contributed by atoms with Crippen LogP contribution in [-0.4, -0.2) is 14.8 Å². The zero-order chi connectivity index (χ0) is 9.97. The van der Waals surface area contributed by atoms with Gasteiger partial charge in [0.15, 0.2) is 0 Å². The van der Waals surface area contributed by atoms with Gasteiger partial charge in [0, 0.05) is 18.5 Å². The molecule has 1 unspecified atom stereocenters. The minimum absolute atomic E-state index is 0.219. The number of thiazole rings is 1. The van der Waals surface area contributed by atoms with Crippen molar-refractivity contribution in [2.24, 2.45) is 7.05 Å². The summed E-state index contributed by atoms with van der Waals surface area (Å²) in [4.78, 5) is 4.25. The molecule has 2 aromatic heterocycles. The number of hydrogen-bond donors (Lipinski definition) is 1. The molecule has 0 aliphatic rings. The molecule has 5 heteroatoms. The van der Waals surface area contributed by atoms with Crippen LogP contribution in [0.25, 0.3) is 0 Å². The smallest absolute Gasteiger partial charge is 0.124 e. The molecule has 0 saturated heterocycles. The zero-order valence-electron chi connectivity index (χ0n) is 8.14. The Balaban J connectivity index is 2.09. The van der Waals surface area contributed by atoms with Crippen LogP contribution in [0.4, 0.5) is 5.82 Å². The summed E-state index contributed by atoms with van der Waals surface area (Å²) in [6.45, 7) is 2.09. The van der Waals surface area contributed by atoms with Gasteiger partial charge in [-0.15, -0.1) is 11.3 Å². The van der Waals surface area contributed by atoms with E-state index in [4.69, 9.17) is 0 Å². The first kappa shape index (κ1) is 9.21. The molecule has 0 aromatic carbocycles. The van der Waals surface area contributed by atoms with Crippen molar-refractivity contribution in [3.8, 4) is 0 Å². The van der Waals surface area contributed by atoms with Crippen molar-refractivity contribution in [2.45, 2.75) is 13.0 Å². The Labute approximate surface area is 86.6 Å². The van der Waals surface area contributed by atoms with Crippen LogP contribution >= 0.6 is 11.3 Å². The molecule has 1 N–H and O–H groups in total. The van der Waals surface area contributed by atoms with Gasteiger partial charge in [-0.3, -0.25) is 4.68 Å². The SMILES string of the molecule is CC(Nc1ccnn1C)c1cscn1. The van der Waals surface area contributed by atoms with E-state index in [-0.39, 0.29) is 6.04 Å². The Morgan fingerprint density at radius 3 is 3.00 bits per heavy atom. The van der Waals surface area contributed by atoms with Crippen molar-refractivity contribution in [1.29, 1.82) is 0 Å². The second-order valence-corrected chi connectivity index (χ2v) is 3.84. The van der Waals surface area contributed by atoms with Crippen molar-refractivity contribution in [1.82, 2.24) is 14.8 Å². The molecule has 14 heavy (non-hydrogen) atoms. The highest BCUT2D eigenvalue weighted by Gasteiger charge is 2.08. The Morgan fingerprint density at radius 2 is 2.43 bits per heavy atom. The van der Waals surface area contributed by atoms with Gasteiger partial charge >= 0.3 is 0 Å². The van der Waals surface area contributed by atoms with Crippen LogP contribution in [0.15, 0.2) is 23.2 Å². The zero-order valence-corrected chi connectivity index (χ0v) is 8.95. The highest BCUT2D eigenvalue weighted by molar-refractivity contribution is 7.07. The quantitative estimate of drug-likeness (QED) is 0.839. The number of aromatic nitrogens is 3. The average molecular weight is 208 g/mol. The van der Waals surface area contributed by atoms with E-state index in [9.17, 15) is 0 Å². The van der Waals surface area contributed by atoms with E-state index in [1.54, 1.807) is 17.5 Å². The van der Waals surface area contributed by atoms with Gasteiger partial charge in [-0.1, -0.05) is 0 Å². The number of rotatable bonds is 3. The third kappa shape index (κ3) is 1.77. The van der Waals surface area contributed by atoms with Gasteiger partial charge in [-0.2, -0.15) is 5.10 Å². The molecule has 0 radical (unpaired) electrons. The Morgan fingerprint density at radius 1 is 1.57 bits per heavy atom. The van der Waals surface area contributed by atoms with E-state index in [0.29, 0.717) is 0 Å². The van der Waals surface area contributed by atoms with E-state index in [2.05, 4.69) is 22.3 Å². The minimum Gasteiger partial charge on any atom is -0.362 e. The molecule has 0 amide bonds. The maximum atomic E-state index is 4.25. The predicted molar refractivity (Wildman–Crippen MR) is 57.4 cm³/mol. The highest BCUT2D eigenvalue weighted by atomic mass is 32.1. The number of hydrogen-bond acceptors (Lipinski definition) is 4. The second-order valence-electron chi connectivity index (χ2n) is 3.12. The summed E-state index contributed by atoms with van der Waals surface area (Å²) in [5.74, 6) is 1.01. The first-order valence-electron chi connectivity index (χ1n) is 4.40. The van der Waals surface area contributed by atoms with Gasteiger partial charge in [0.2, 0.25) is 0 Å². The van der Waals surface area contributed by atoms with Crippen molar-refractivity contribution in [3.63, 3.8) is 0 Å². The lowest BCUT2D eigenvalue weighted by atomic mass is 10.2. The van der Waals surface area contributed by atoms with E-state index in [0.717, 1.165) is 11.5 Å². The summed E-state index contributed by atoms with van der Waals surface area (Å²) >= 11 is 1.61. The molecule has 2 aromatic rings. The van der Waals surface area contributed by atoms with Crippen LogP contribution in [0, 0.1) is 0 Å². The van der Waals surface area contributed by atoms with Gasteiger partial charge in [-0.05, 0) is 6.92 Å². The molecule has 0 saturated carbocycles.